The fourth-order valence-corrected chi connectivity index (χ4v) is 1.94. The van der Waals surface area contributed by atoms with E-state index in [9.17, 15) is 4.79 Å². The number of anilines is 1. The molecule has 1 aromatic carbocycles. The number of halogens is 1. The van der Waals surface area contributed by atoms with Gasteiger partial charge in [0, 0.05) is 17.6 Å². The van der Waals surface area contributed by atoms with Gasteiger partial charge in [-0.1, -0.05) is 15.9 Å². The summed E-state index contributed by atoms with van der Waals surface area (Å²) in [4.78, 5) is 13.5. The second kappa shape index (κ2) is 4.96. The molecule has 0 saturated heterocycles. The average molecular weight is 299 g/mol. The van der Waals surface area contributed by atoms with Crippen LogP contribution in [0.15, 0.2) is 22.7 Å². The number of nitrogen functional groups attached to an aromatic ring is 1. The number of nitrogens with zero attached hydrogens (tertiary/aromatic N) is 1. The highest BCUT2D eigenvalue weighted by atomic mass is 79.9. The Morgan fingerprint density at radius 1 is 1.59 bits per heavy atom. The summed E-state index contributed by atoms with van der Waals surface area (Å²) in [6.45, 7) is 0.0405. The summed E-state index contributed by atoms with van der Waals surface area (Å²) in [6.07, 6.45) is 2.20. The number of rotatable bonds is 4. The maximum absolute atomic E-state index is 11.7. The molecule has 0 aromatic heterocycles. The Labute approximate surface area is 109 Å². The zero-order valence-electron chi connectivity index (χ0n) is 9.65. The Morgan fingerprint density at radius 3 is 2.88 bits per heavy atom. The van der Waals surface area contributed by atoms with Crippen molar-refractivity contribution >= 4 is 27.5 Å². The lowest BCUT2D eigenvalue weighted by Crippen LogP contribution is -2.33. The number of ether oxygens (including phenoxy) is 1. The van der Waals surface area contributed by atoms with Crippen molar-refractivity contribution in [3.63, 3.8) is 0 Å². The lowest BCUT2D eigenvalue weighted by atomic mass is 10.3. The highest BCUT2D eigenvalue weighted by Crippen LogP contribution is 2.27. The van der Waals surface area contributed by atoms with E-state index in [-0.39, 0.29) is 12.5 Å². The third kappa shape index (κ3) is 3.12. The Morgan fingerprint density at radius 2 is 2.29 bits per heavy atom. The molecule has 0 radical (unpaired) electrons. The molecular weight excluding hydrogens is 284 g/mol. The van der Waals surface area contributed by atoms with Crippen molar-refractivity contribution in [1.82, 2.24) is 4.90 Å². The minimum atomic E-state index is -0.00480. The first-order valence-corrected chi connectivity index (χ1v) is 6.30. The summed E-state index contributed by atoms with van der Waals surface area (Å²) < 4.78 is 6.31. The molecule has 0 bridgehead atoms. The van der Waals surface area contributed by atoms with E-state index in [0.29, 0.717) is 17.5 Å². The SMILES string of the molecule is CN(C(=O)COc1ccc(Br)cc1N)C1CC1. The van der Waals surface area contributed by atoms with Crippen LogP contribution in [0.3, 0.4) is 0 Å². The Kier molecular flexibility index (Phi) is 3.57. The minimum absolute atomic E-state index is 0.00480. The van der Waals surface area contributed by atoms with Gasteiger partial charge in [0.25, 0.3) is 5.91 Å². The van der Waals surface area contributed by atoms with Crippen molar-refractivity contribution in [2.45, 2.75) is 18.9 Å². The van der Waals surface area contributed by atoms with Crippen LogP contribution in [0.4, 0.5) is 5.69 Å². The number of hydrogen-bond acceptors (Lipinski definition) is 3. The van der Waals surface area contributed by atoms with Crippen LogP contribution in [0, 0.1) is 0 Å². The van der Waals surface area contributed by atoms with Gasteiger partial charge < -0.3 is 15.4 Å². The summed E-state index contributed by atoms with van der Waals surface area (Å²) >= 11 is 3.32. The van der Waals surface area contributed by atoms with Crippen molar-refractivity contribution in [2.24, 2.45) is 0 Å². The zero-order chi connectivity index (χ0) is 12.4. The van der Waals surface area contributed by atoms with E-state index in [0.717, 1.165) is 17.3 Å². The largest absolute Gasteiger partial charge is 0.482 e. The predicted molar refractivity (Wildman–Crippen MR) is 69.8 cm³/mol. The van der Waals surface area contributed by atoms with Crippen molar-refractivity contribution < 1.29 is 9.53 Å². The molecule has 17 heavy (non-hydrogen) atoms. The summed E-state index contributed by atoms with van der Waals surface area (Å²) in [5.41, 5.74) is 6.30. The van der Waals surface area contributed by atoms with Crippen LogP contribution in [0.25, 0.3) is 0 Å². The molecule has 0 spiro atoms. The van der Waals surface area contributed by atoms with Crippen molar-refractivity contribution in [1.29, 1.82) is 0 Å². The van der Waals surface area contributed by atoms with Crippen LogP contribution < -0.4 is 10.5 Å². The van der Waals surface area contributed by atoms with Gasteiger partial charge >= 0.3 is 0 Å². The Hall–Kier alpha value is -1.23. The van der Waals surface area contributed by atoms with E-state index in [2.05, 4.69) is 15.9 Å². The number of carbonyl (C=O) groups excluding carboxylic acids is 1. The zero-order valence-corrected chi connectivity index (χ0v) is 11.2. The molecule has 92 valence electrons. The topological polar surface area (TPSA) is 55.6 Å². The van der Waals surface area contributed by atoms with Gasteiger partial charge in [0.05, 0.1) is 5.69 Å². The van der Waals surface area contributed by atoms with E-state index < -0.39 is 0 Å². The van der Waals surface area contributed by atoms with Crippen LogP contribution in [-0.4, -0.2) is 30.5 Å². The van der Waals surface area contributed by atoms with Gasteiger partial charge in [-0.25, -0.2) is 0 Å². The van der Waals surface area contributed by atoms with E-state index in [1.165, 1.54) is 0 Å². The molecule has 5 heteroatoms. The molecule has 0 atom stereocenters. The summed E-state index contributed by atoms with van der Waals surface area (Å²) in [7, 11) is 1.81. The quantitative estimate of drug-likeness (QED) is 0.866. The molecule has 4 nitrogen and oxygen atoms in total. The third-order valence-electron chi connectivity index (χ3n) is 2.81. The van der Waals surface area contributed by atoms with Crippen LogP contribution in [0.2, 0.25) is 0 Å². The molecule has 2 N–H and O–H groups in total. The van der Waals surface area contributed by atoms with Crippen LogP contribution in [0.5, 0.6) is 5.75 Å². The number of hydrogen-bond donors (Lipinski definition) is 1. The van der Waals surface area contributed by atoms with Crippen LogP contribution >= 0.6 is 15.9 Å². The molecule has 0 heterocycles. The Balaban J connectivity index is 1.90. The van der Waals surface area contributed by atoms with Crippen molar-refractivity contribution in [3.8, 4) is 5.75 Å². The number of amides is 1. The average Bonchev–Trinajstić information content (AvgIpc) is 3.10. The van der Waals surface area contributed by atoms with Gasteiger partial charge in [0.15, 0.2) is 6.61 Å². The lowest BCUT2D eigenvalue weighted by molar-refractivity contribution is -0.132. The molecule has 1 aromatic rings. The van der Waals surface area contributed by atoms with Gasteiger partial charge in [-0.05, 0) is 31.0 Å². The summed E-state index contributed by atoms with van der Waals surface area (Å²) in [6, 6.07) is 5.75. The second-order valence-corrected chi connectivity index (χ2v) is 5.12. The van der Waals surface area contributed by atoms with Crippen molar-refractivity contribution in [2.75, 3.05) is 19.4 Å². The van der Waals surface area contributed by atoms with Crippen LogP contribution in [-0.2, 0) is 4.79 Å². The molecule has 1 amide bonds. The normalized spacial score (nSPS) is 14.5. The molecule has 1 fully saturated rings. The number of carbonyl (C=O) groups is 1. The fraction of sp³-hybridized carbons (Fsp3) is 0.417. The molecule has 1 aliphatic carbocycles. The standard InChI is InChI=1S/C12H15BrN2O2/c1-15(9-3-4-9)12(16)7-17-11-5-2-8(13)6-10(11)14/h2,5-6,9H,3-4,7,14H2,1H3. The van der Waals surface area contributed by atoms with E-state index in [1.54, 1.807) is 17.0 Å². The van der Waals surface area contributed by atoms with E-state index in [1.807, 2.05) is 13.1 Å². The molecule has 0 unspecified atom stereocenters. The second-order valence-electron chi connectivity index (χ2n) is 4.21. The van der Waals surface area contributed by atoms with E-state index in [4.69, 9.17) is 10.5 Å². The van der Waals surface area contributed by atoms with Gasteiger partial charge in [0.1, 0.15) is 5.75 Å². The van der Waals surface area contributed by atoms with Gasteiger partial charge in [-0.2, -0.15) is 0 Å². The maximum Gasteiger partial charge on any atom is 0.260 e. The summed E-state index contributed by atoms with van der Waals surface area (Å²) in [5.74, 6) is 0.542. The van der Waals surface area contributed by atoms with Crippen molar-refractivity contribution in [3.05, 3.63) is 22.7 Å². The first-order valence-electron chi connectivity index (χ1n) is 5.51. The predicted octanol–water partition coefficient (Wildman–Crippen LogP) is 2.03. The van der Waals surface area contributed by atoms with Crippen LogP contribution in [0.1, 0.15) is 12.8 Å². The minimum Gasteiger partial charge on any atom is -0.482 e. The molecule has 2 rings (SSSR count). The monoisotopic (exact) mass is 298 g/mol. The lowest BCUT2D eigenvalue weighted by Gasteiger charge is -2.17. The Bertz CT molecular complexity index is 433. The van der Waals surface area contributed by atoms with Gasteiger partial charge in [-0.3, -0.25) is 4.79 Å². The highest BCUT2D eigenvalue weighted by molar-refractivity contribution is 9.10. The first kappa shape index (κ1) is 12.2. The molecule has 1 aliphatic rings. The number of nitrogens with two attached hydrogens (primary N) is 1. The first-order chi connectivity index (χ1) is 8.08. The fourth-order valence-electron chi connectivity index (χ4n) is 1.56. The third-order valence-corrected chi connectivity index (χ3v) is 3.30. The van der Waals surface area contributed by atoms with E-state index >= 15 is 0 Å². The smallest absolute Gasteiger partial charge is 0.260 e. The highest BCUT2D eigenvalue weighted by Gasteiger charge is 2.29. The number of benzene rings is 1. The number of likely N-dealkylation sites (N-methyl/N-ethyl adjacent to an activating group) is 1. The molecular formula is C12H15BrN2O2. The van der Waals surface area contributed by atoms with Gasteiger partial charge in [-0.15, -0.1) is 0 Å². The summed E-state index contributed by atoms with van der Waals surface area (Å²) in [5, 5.41) is 0. The van der Waals surface area contributed by atoms with Gasteiger partial charge in [0.2, 0.25) is 0 Å². The molecule has 1 saturated carbocycles. The maximum atomic E-state index is 11.7. The molecule has 0 aliphatic heterocycles.